The van der Waals surface area contributed by atoms with Gasteiger partial charge in [0.05, 0.1) is 7.11 Å². The Morgan fingerprint density at radius 2 is 1.78 bits per heavy atom. The zero-order valence-corrected chi connectivity index (χ0v) is 11.2. The Morgan fingerprint density at radius 1 is 1.17 bits per heavy atom. The molecular formula is C13H22N2O3. The lowest BCUT2D eigenvalue weighted by atomic mass is 10.1. The van der Waals surface area contributed by atoms with Gasteiger partial charge in [-0.15, -0.1) is 0 Å². The molecule has 3 N–H and O–H groups in total. The van der Waals surface area contributed by atoms with E-state index < -0.39 is 6.29 Å². The maximum Gasteiger partial charge on any atom is 0.178 e. The van der Waals surface area contributed by atoms with E-state index in [4.69, 9.17) is 20.1 Å². The van der Waals surface area contributed by atoms with Gasteiger partial charge in [-0.2, -0.15) is 0 Å². The summed E-state index contributed by atoms with van der Waals surface area (Å²) in [6.07, 6.45) is -0.443. The molecule has 0 bridgehead atoms. The minimum absolute atomic E-state index is 0.277. The number of para-hydroxylation sites is 1. The highest BCUT2D eigenvalue weighted by molar-refractivity contribution is 5.36. The molecule has 102 valence electrons. The summed E-state index contributed by atoms with van der Waals surface area (Å²) in [7, 11) is 1.63. The number of nitrogens with one attached hydrogen (secondary N) is 1. The highest BCUT2D eigenvalue weighted by Crippen LogP contribution is 2.28. The number of benzene rings is 1. The fourth-order valence-electron chi connectivity index (χ4n) is 1.81. The highest BCUT2D eigenvalue weighted by Gasteiger charge is 2.25. The van der Waals surface area contributed by atoms with Gasteiger partial charge in [0.25, 0.3) is 0 Å². The standard InChI is InChI=1S/C13H22N2O3/c1-4-17-13(18-5-2)12(15-14)10-8-6-7-9-11(10)16-3/h6-9,12-13,15H,4-5,14H2,1-3H3. The van der Waals surface area contributed by atoms with Crippen LogP contribution in [0.2, 0.25) is 0 Å². The summed E-state index contributed by atoms with van der Waals surface area (Å²) in [4.78, 5) is 0. The normalized spacial score (nSPS) is 12.7. The molecule has 0 heterocycles. The van der Waals surface area contributed by atoms with E-state index in [-0.39, 0.29) is 6.04 Å². The molecule has 0 radical (unpaired) electrons. The van der Waals surface area contributed by atoms with Gasteiger partial charge >= 0.3 is 0 Å². The number of nitrogens with two attached hydrogens (primary N) is 1. The smallest absolute Gasteiger partial charge is 0.178 e. The number of methoxy groups -OCH3 is 1. The second kappa shape index (κ2) is 8.05. The van der Waals surface area contributed by atoms with Gasteiger partial charge in [0.15, 0.2) is 6.29 Å². The van der Waals surface area contributed by atoms with Crippen LogP contribution in [-0.2, 0) is 9.47 Å². The molecule has 0 aliphatic rings. The molecule has 18 heavy (non-hydrogen) atoms. The van der Waals surface area contributed by atoms with Crippen molar-refractivity contribution < 1.29 is 14.2 Å². The Balaban J connectivity index is 2.98. The van der Waals surface area contributed by atoms with E-state index in [2.05, 4.69) is 5.43 Å². The molecule has 0 amide bonds. The van der Waals surface area contributed by atoms with E-state index >= 15 is 0 Å². The number of rotatable bonds is 8. The monoisotopic (exact) mass is 254 g/mol. The first-order valence-electron chi connectivity index (χ1n) is 6.10. The van der Waals surface area contributed by atoms with Crippen molar-refractivity contribution in [2.24, 2.45) is 5.84 Å². The van der Waals surface area contributed by atoms with Crippen LogP contribution in [0.4, 0.5) is 0 Å². The van der Waals surface area contributed by atoms with Crippen LogP contribution in [0, 0.1) is 0 Å². The molecule has 1 aromatic carbocycles. The molecule has 0 saturated heterocycles. The van der Waals surface area contributed by atoms with E-state index in [0.29, 0.717) is 13.2 Å². The van der Waals surface area contributed by atoms with Crippen molar-refractivity contribution in [1.29, 1.82) is 0 Å². The van der Waals surface area contributed by atoms with Gasteiger partial charge in [-0.25, -0.2) is 5.43 Å². The Kier molecular flexibility index (Phi) is 6.67. The lowest BCUT2D eigenvalue weighted by Crippen LogP contribution is -2.39. The third-order valence-corrected chi connectivity index (χ3v) is 2.59. The minimum atomic E-state index is -0.443. The van der Waals surface area contributed by atoms with Gasteiger partial charge in [0.2, 0.25) is 0 Å². The molecule has 1 aromatic rings. The van der Waals surface area contributed by atoms with E-state index in [1.165, 1.54) is 0 Å². The summed E-state index contributed by atoms with van der Waals surface area (Å²) in [5.41, 5.74) is 3.64. The average molecular weight is 254 g/mol. The molecule has 0 aromatic heterocycles. The topological polar surface area (TPSA) is 65.7 Å². The Morgan fingerprint density at radius 3 is 2.28 bits per heavy atom. The maximum absolute atomic E-state index is 5.62. The summed E-state index contributed by atoms with van der Waals surface area (Å²) in [5.74, 6) is 6.38. The molecule has 1 unspecified atom stereocenters. The molecule has 1 rings (SSSR count). The molecule has 0 fully saturated rings. The molecule has 0 aliphatic carbocycles. The Bertz CT molecular complexity index is 341. The second-order valence-corrected chi connectivity index (χ2v) is 3.67. The van der Waals surface area contributed by atoms with Crippen LogP contribution < -0.4 is 16.0 Å². The average Bonchev–Trinajstić information content (AvgIpc) is 2.40. The summed E-state index contributed by atoms with van der Waals surface area (Å²) in [6.45, 7) is 4.94. The van der Waals surface area contributed by atoms with Gasteiger partial charge in [-0.1, -0.05) is 18.2 Å². The predicted molar refractivity (Wildman–Crippen MR) is 70.1 cm³/mol. The largest absolute Gasteiger partial charge is 0.496 e. The lowest BCUT2D eigenvalue weighted by molar-refractivity contribution is -0.155. The van der Waals surface area contributed by atoms with Crippen LogP contribution in [0.1, 0.15) is 25.5 Å². The van der Waals surface area contributed by atoms with Crippen molar-refractivity contribution in [1.82, 2.24) is 5.43 Å². The van der Waals surface area contributed by atoms with Crippen molar-refractivity contribution in [3.05, 3.63) is 29.8 Å². The van der Waals surface area contributed by atoms with E-state index in [1.54, 1.807) is 7.11 Å². The third-order valence-electron chi connectivity index (χ3n) is 2.59. The Labute approximate surface area is 108 Å². The first kappa shape index (κ1) is 14.9. The van der Waals surface area contributed by atoms with Crippen molar-refractivity contribution >= 4 is 0 Å². The fourth-order valence-corrected chi connectivity index (χ4v) is 1.81. The fraction of sp³-hybridized carbons (Fsp3) is 0.538. The van der Waals surface area contributed by atoms with Gasteiger partial charge < -0.3 is 14.2 Å². The van der Waals surface area contributed by atoms with Crippen molar-refractivity contribution in [2.45, 2.75) is 26.2 Å². The molecular weight excluding hydrogens is 232 g/mol. The molecule has 5 nitrogen and oxygen atoms in total. The van der Waals surface area contributed by atoms with Crippen molar-refractivity contribution in [3.8, 4) is 5.75 Å². The summed E-state index contributed by atoms with van der Waals surface area (Å²) < 4.78 is 16.5. The van der Waals surface area contributed by atoms with Gasteiger partial charge in [0, 0.05) is 18.8 Å². The SMILES string of the molecule is CCOC(OCC)C(NN)c1ccccc1OC. The summed E-state index contributed by atoms with van der Waals surface area (Å²) in [5, 5.41) is 0. The summed E-state index contributed by atoms with van der Waals surface area (Å²) >= 11 is 0. The van der Waals surface area contributed by atoms with Crippen LogP contribution in [0.15, 0.2) is 24.3 Å². The molecule has 1 atom stereocenters. The van der Waals surface area contributed by atoms with Crippen molar-refractivity contribution in [2.75, 3.05) is 20.3 Å². The van der Waals surface area contributed by atoms with E-state index in [0.717, 1.165) is 11.3 Å². The van der Waals surface area contributed by atoms with Gasteiger partial charge in [0.1, 0.15) is 11.8 Å². The minimum Gasteiger partial charge on any atom is -0.496 e. The van der Waals surface area contributed by atoms with Crippen LogP contribution in [0.5, 0.6) is 5.75 Å². The van der Waals surface area contributed by atoms with Crippen molar-refractivity contribution in [3.63, 3.8) is 0 Å². The predicted octanol–water partition coefficient (Wildman–Crippen LogP) is 1.60. The Hall–Kier alpha value is -1.14. The van der Waals surface area contributed by atoms with Crippen LogP contribution >= 0.6 is 0 Å². The molecule has 0 saturated carbocycles. The second-order valence-electron chi connectivity index (χ2n) is 3.67. The summed E-state index contributed by atoms with van der Waals surface area (Å²) in [6, 6.07) is 7.38. The maximum atomic E-state index is 5.62. The van der Waals surface area contributed by atoms with Gasteiger partial charge in [-0.05, 0) is 19.9 Å². The highest BCUT2D eigenvalue weighted by atomic mass is 16.7. The van der Waals surface area contributed by atoms with Gasteiger partial charge in [-0.3, -0.25) is 5.84 Å². The van der Waals surface area contributed by atoms with E-state index in [9.17, 15) is 0 Å². The van der Waals surface area contributed by atoms with Crippen LogP contribution in [0.3, 0.4) is 0 Å². The molecule has 0 spiro atoms. The molecule has 5 heteroatoms. The molecule has 0 aliphatic heterocycles. The lowest BCUT2D eigenvalue weighted by Gasteiger charge is -2.27. The number of ether oxygens (including phenoxy) is 3. The van der Waals surface area contributed by atoms with Crippen LogP contribution in [-0.4, -0.2) is 26.6 Å². The zero-order chi connectivity index (χ0) is 13.4. The quantitative estimate of drug-likeness (QED) is 0.419. The third kappa shape index (κ3) is 3.68. The first-order chi connectivity index (χ1) is 8.78. The zero-order valence-electron chi connectivity index (χ0n) is 11.2. The number of hydrogen-bond donors (Lipinski definition) is 2. The number of hydrazine groups is 1. The number of hydrogen-bond acceptors (Lipinski definition) is 5. The first-order valence-corrected chi connectivity index (χ1v) is 6.10. The van der Waals surface area contributed by atoms with Crippen LogP contribution in [0.25, 0.3) is 0 Å². The van der Waals surface area contributed by atoms with E-state index in [1.807, 2.05) is 38.1 Å².